The van der Waals surface area contributed by atoms with E-state index < -0.39 is 34.3 Å². The van der Waals surface area contributed by atoms with Gasteiger partial charge in [-0.3, -0.25) is 9.69 Å². The lowest BCUT2D eigenvalue weighted by Crippen LogP contribution is -2.49. The maximum absolute atomic E-state index is 13.9. The number of benzene rings is 1. The van der Waals surface area contributed by atoms with Crippen LogP contribution in [0.1, 0.15) is 83.9 Å². The molecule has 0 N–H and O–H groups in total. The number of carbonyl (C=O) groups is 2. The Kier molecular flexibility index (Phi) is 8.04. The highest BCUT2D eigenvalue weighted by Crippen LogP contribution is 2.45. The zero-order chi connectivity index (χ0) is 26.9. The summed E-state index contributed by atoms with van der Waals surface area (Å²) < 4.78 is 52.8. The lowest BCUT2D eigenvalue weighted by molar-refractivity contribution is -0.162. The third kappa shape index (κ3) is 7.14. The van der Waals surface area contributed by atoms with Crippen LogP contribution in [0.2, 0.25) is 0 Å². The Balaban J connectivity index is 1.83. The molecule has 1 aliphatic carbocycles. The zero-order valence-electron chi connectivity index (χ0n) is 22.3. The largest absolute Gasteiger partial charge is 0.459 e. The zero-order valence-corrected chi connectivity index (χ0v) is 22.3. The molecule has 202 valence electrons. The Labute approximate surface area is 212 Å². The van der Waals surface area contributed by atoms with Gasteiger partial charge in [0.05, 0.1) is 11.0 Å². The van der Waals surface area contributed by atoms with Crippen LogP contribution in [0.15, 0.2) is 18.2 Å². The molecule has 1 saturated heterocycles. The molecule has 6 nitrogen and oxygen atoms in total. The molecule has 1 amide bonds. The molecule has 1 saturated carbocycles. The van der Waals surface area contributed by atoms with Crippen LogP contribution in [0.3, 0.4) is 0 Å². The highest BCUT2D eigenvalue weighted by Gasteiger charge is 2.46. The smallest absolute Gasteiger partial charge is 0.416 e. The van der Waals surface area contributed by atoms with Gasteiger partial charge in [-0.2, -0.15) is 13.2 Å². The Morgan fingerprint density at radius 1 is 0.861 bits per heavy atom. The summed E-state index contributed by atoms with van der Waals surface area (Å²) in [7, 11) is 0. The number of piperazine rings is 1. The molecule has 1 aromatic carbocycles. The first kappa shape index (κ1) is 28.3. The summed E-state index contributed by atoms with van der Waals surface area (Å²) in [6, 6.07) is 4.03. The highest BCUT2D eigenvalue weighted by atomic mass is 19.4. The second-order valence-electron chi connectivity index (χ2n) is 12.0. The SMILES string of the molecule is CC(C)(C)OC(=O)N1CCN(Cc2cc(C(F)(F)F)cc(C3(C(=O)OC(C)(C)C)CCCC3)c2)CC1. The molecule has 3 rings (SSSR count). The minimum Gasteiger partial charge on any atom is -0.459 e. The maximum atomic E-state index is 13.9. The van der Waals surface area contributed by atoms with Crippen molar-refractivity contribution in [3.8, 4) is 0 Å². The number of nitrogens with zero attached hydrogens (tertiary/aromatic N) is 2. The molecule has 0 aromatic heterocycles. The minimum atomic E-state index is -4.53. The van der Waals surface area contributed by atoms with Gasteiger partial charge < -0.3 is 14.4 Å². The molecule has 2 aliphatic rings. The van der Waals surface area contributed by atoms with Crippen molar-refractivity contribution in [3.05, 3.63) is 34.9 Å². The van der Waals surface area contributed by atoms with E-state index in [1.54, 1.807) is 52.5 Å². The number of amides is 1. The van der Waals surface area contributed by atoms with Gasteiger partial charge in [-0.1, -0.05) is 18.9 Å². The normalized spacial score (nSPS) is 19.3. The van der Waals surface area contributed by atoms with E-state index in [0.29, 0.717) is 56.7 Å². The lowest BCUT2D eigenvalue weighted by Gasteiger charge is -2.36. The second kappa shape index (κ2) is 10.2. The van der Waals surface area contributed by atoms with E-state index >= 15 is 0 Å². The minimum absolute atomic E-state index is 0.295. The number of carbonyl (C=O) groups excluding carboxylic acids is 2. The molecule has 2 fully saturated rings. The third-order valence-corrected chi connectivity index (χ3v) is 6.55. The maximum Gasteiger partial charge on any atom is 0.416 e. The molecule has 1 aromatic rings. The molecule has 9 heteroatoms. The van der Waals surface area contributed by atoms with Gasteiger partial charge in [0.25, 0.3) is 0 Å². The van der Waals surface area contributed by atoms with Gasteiger partial charge in [-0.25, -0.2) is 4.79 Å². The summed E-state index contributed by atoms with van der Waals surface area (Å²) in [5.74, 6) is -0.455. The molecule has 1 heterocycles. The first-order chi connectivity index (χ1) is 16.5. The molecule has 0 bridgehead atoms. The topological polar surface area (TPSA) is 59.1 Å². The van der Waals surface area contributed by atoms with Crippen LogP contribution in [0.25, 0.3) is 0 Å². The summed E-state index contributed by atoms with van der Waals surface area (Å²) in [4.78, 5) is 29.3. The van der Waals surface area contributed by atoms with Crippen LogP contribution in [-0.2, 0) is 32.4 Å². The van der Waals surface area contributed by atoms with E-state index in [1.807, 2.05) is 4.90 Å². The number of esters is 1. The third-order valence-electron chi connectivity index (χ3n) is 6.55. The molecule has 36 heavy (non-hydrogen) atoms. The van der Waals surface area contributed by atoms with Crippen LogP contribution in [0, 0.1) is 0 Å². The average molecular weight is 513 g/mol. The number of rotatable bonds is 4. The predicted octanol–water partition coefficient (Wildman–Crippen LogP) is 5.91. The van der Waals surface area contributed by atoms with Crippen LogP contribution >= 0.6 is 0 Å². The van der Waals surface area contributed by atoms with E-state index in [2.05, 4.69) is 0 Å². The van der Waals surface area contributed by atoms with Crippen LogP contribution in [0.4, 0.5) is 18.0 Å². The van der Waals surface area contributed by atoms with Crippen LogP contribution in [0.5, 0.6) is 0 Å². The number of hydrogen-bond donors (Lipinski definition) is 0. The molecular formula is C27H39F3N2O4. The average Bonchev–Trinajstić information content (AvgIpc) is 3.22. The Morgan fingerprint density at radius 3 is 1.92 bits per heavy atom. The summed E-state index contributed by atoms with van der Waals surface area (Å²) >= 11 is 0. The number of alkyl halides is 3. The fraction of sp³-hybridized carbons (Fsp3) is 0.704. The Bertz CT molecular complexity index is 949. The fourth-order valence-electron chi connectivity index (χ4n) is 4.86. The van der Waals surface area contributed by atoms with Crippen molar-refractivity contribution in [2.75, 3.05) is 26.2 Å². The molecule has 0 radical (unpaired) electrons. The van der Waals surface area contributed by atoms with Crippen LogP contribution in [-0.4, -0.2) is 59.2 Å². The first-order valence-electron chi connectivity index (χ1n) is 12.6. The van der Waals surface area contributed by atoms with Crippen molar-refractivity contribution in [2.45, 2.75) is 96.6 Å². The molecule has 0 spiro atoms. The fourth-order valence-corrected chi connectivity index (χ4v) is 4.86. The van der Waals surface area contributed by atoms with Gasteiger partial charge in [-0.15, -0.1) is 0 Å². The van der Waals surface area contributed by atoms with Gasteiger partial charge in [-0.05, 0) is 77.6 Å². The Hall–Kier alpha value is -2.29. The molecule has 0 atom stereocenters. The standard InChI is InChI=1S/C27H39F3N2O4/c1-24(2,3)35-22(33)26(9-7-8-10-26)20-15-19(16-21(17-20)27(28,29)30)18-31-11-13-32(14-12-31)23(34)36-25(4,5)6/h15-17H,7-14,18H2,1-6H3. The van der Waals surface area contributed by atoms with Crippen molar-refractivity contribution in [3.63, 3.8) is 0 Å². The van der Waals surface area contributed by atoms with Gasteiger partial charge in [0, 0.05) is 32.7 Å². The van der Waals surface area contributed by atoms with Crippen molar-refractivity contribution in [1.29, 1.82) is 0 Å². The van der Waals surface area contributed by atoms with Crippen molar-refractivity contribution in [1.82, 2.24) is 9.80 Å². The second-order valence-corrected chi connectivity index (χ2v) is 12.0. The van der Waals surface area contributed by atoms with E-state index in [0.717, 1.165) is 18.9 Å². The van der Waals surface area contributed by atoms with Gasteiger partial charge in [0.15, 0.2) is 0 Å². The quantitative estimate of drug-likeness (QED) is 0.470. The predicted molar refractivity (Wildman–Crippen MR) is 131 cm³/mol. The lowest BCUT2D eigenvalue weighted by atomic mass is 9.77. The van der Waals surface area contributed by atoms with Gasteiger partial charge in [0.2, 0.25) is 0 Å². The summed E-state index contributed by atoms with van der Waals surface area (Å²) in [5.41, 5.74) is -2.26. The van der Waals surface area contributed by atoms with Crippen molar-refractivity contribution in [2.24, 2.45) is 0 Å². The van der Waals surface area contributed by atoms with Gasteiger partial charge >= 0.3 is 18.2 Å². The first-order valence-corrected chi connectivity index (χ1v) is 12.6. The summed E-state index contributed by atoms with van der Waals surface area (Å²) in [6.45, 7) is 12.9. The number of ether oxygens (including phenoxy) is 2. The number of halogens is 3. The van der Waals surface area contributed by atoms with Gasteiger partial charge in [0.1, 0.15) is 11.2 Å². The van der Waals surface area contributed by atoms with E-state index in [4.69, 9.17) is 9.47 Å². The van der Waals surface area contributed by atoms with Crippen molar-refractivity contribution >= 4 is 12.1 Å². The molecular weight excluding hydrogens is 473 g/mol. The van der Waals surface area contributed by atoms with Crippen molar-refractivity contribution < 1.29 is 32.2 Å². The number of hydrogen-bond acceptors (Lipinski definition) is 5. The summed E-state index contributed by atoms with van der Waals surface area (Å²) in [6.07, 6.45) is -2.46. The molecule has 1 aliphatic heterocycles. The van der Waals surface area contributed by atoms with E-state index in [-0.39, 0.29) is 6.09 Å². The van der Waals surface area contributed by atoms with E-state index in [9.17, 15) is 22.8 Å². The highest BCUT2D eigenvalue weighted by molar-refractivity contribution is 5.84. The van der Waals surface area contributed by atoms with E-state index in [1.165, 1.54) is 6.07 Å². The monoisotopic (exact) mass is 512 g/mol. The van der Waals surface area contributed by atoms with Crippen LogP contribution < -0.4 is 0 Å². The molecule has 0 unspecified atom stereocenters. The Morgan fingerprint density at radius 2 is 1.42 bits per heavy atom. The summed E-state index contributed by atoms with van der Waals surface area (Å²) in [5, 5.41) is 0.